The Morgan fingerprint density at radius 3 is 2.71 bits per heavy atom. The molecule has 0 radical (unpaired) electrons. The highest BCUT2D eigenvalue weighted by atomic mass is 79.9. The lowest BCUT2D eigenvalue weighted by molar-refractivity contribution is 0.321. The highest BCUT2D eigenvalue weighted by Crippen LogP contribution is 2.23. The van der Waals surface area contributed by atoms with Crippen LogP contribution in [0.25, 0.3) is 0 Å². The van der Waals surface area contributed by atoms with Crippen LogP contribution in [0.5, 0.6) is 5.75 Å². The second-order valence-electron chi connectivity index (χ2n) is 6.09. The summed E-state index contributed by atoms with van der Waals surface area (Å²) in [6.45, 7) is 8.04. The first kappa shape index (κ1) is 16.5. The molecule has 21 heavy (non-hydrogen) atoms. The Morgan fingerprint density at radius 2 is 2.05 bits per heavy atom. The minimum Gasteiger partial charge on any atom is -0.493 e. The zero-order valence-electron chi connectivity index (χ0n) is 12.8. The largest absolute Gasteiger partial charge is 0.493 e. The Morgan fingerprint density at radius 1 is 1.24 bits per heavy atom. The van der Waals surface area contributed by atoms with Crippen molar-refractivity contribution < 1.29 is 4.74 Å². The number of thiophene rings is 1. The molecule has 0 aliphatic rings. The Labute approximate surface area is 139 Å². The van der Waals surface area contributed by atoms with Crippen molar-refractivity contribution in [3.63, 3.8) is 0 Å². The van der Waals surface area contributed by atoms with Crippen LogP contribution >= 0.6 is 27.3 Å². The fourth-order valence-electron chi connectivity index (χ4n) is 1.86. The van der Waals surface area contributed by atoms with Crippen LogP contribution in [-0.4, -0.2) is 12.1 Å². The van der Waals surface area contributed by atoms with Crippen LogP contribution in [0.1, 0.15) is 31.9 Å². The standard InChI is InChI=1S/C17H22BrNOS/c1-17(2,3)19-11-14-10-15(4-5-16(14)18)20-8-6-13-7-9-21-12-13/h4-5,7,9-10,12,19H,6,8,11H2,1-3H3. The number of halogens is 1. The van der Waals surface area contributed by atoms with Crippen molar-refractivity contribution in [2.75, 3.05) is 6.61 Å². The minimum absolute atomic E-state index is 0.106. The number of ether oxygens (including phenoxy) is 1. The van der Waals surface area contributed by atoms with Crippen molar-refractivity contribution >= 4 is 27.3 Å². The van der Waals surface area contributed by atoms with Crippen molar-refractivity contribution in [3.8, 4) is 5.75 Å². The summed E-state index contributed by atoms with van der Waals surface area (Å²) in [5, 5.41) is 7.77. The Balaban J connectivity index is 1.91. The molecule has 0 spiro atoms. The summed E-state index contributed by atoms with van der Waals surface area (Å²) in [5.74, 6) is 0.930. The molecule has 0 amide bonds. The van der Waals surface area contributed by atoms with Crippen molar-refractivity contribution in [2.24, 2.45) is 0 Å². The third kappa shape index (κ3) is 5.81. The molecular formula is C17H22BrNOS. The first-order valence-corrected chi connectivity index (χ1v) is 8.85. The zero-order valence-corrected chi connectivity index (χ0v) is 15.2. The highest BCUT2D eigenvalue weighted by molar-refractivity contribution is 9.10. The van der Waals surface area contributed by atoms with Gasteiger partial charge in [-0.3, -0.25) is 0 Å². The fraction of sp³-hybridized carbons (Fsp3) is 0.412. The third-order valence-corrected chi connectivity index (χ3v) is 4.57. The van der Waals surface area contributed by atoms with Crippen molar-refractivity contribution in [1.82, 2.24) is 5.32 Å². The molecule has 114 valence electrons. The lowest BCUT2D eigenvalue weighted by Gasteiger charge is -2.21. The van der Waals surface area contributed by atoms with Crippen LogP contribution in [0, 0.1) is 0 Å². The van der Waals surface area contributed by atoms with Crippen LogP contribution < -0.4 is 10.1 Å². The Hall–Kier alpha value is -0.840. The number of rotatable bonds is 6. The average Bonchev–Trinajstić information content (AvgIpc) is 2.91. The first-order chi connectivity index (χ1) is 9.94. The van der Waals surface area contributed by atoms with E-state index in [4.69, 9.17) is 4.74 Å². The van der Waals surface area contributed by atoms with Gasteiger partial charge in [0.05, 0.1) is 6.61 Å². The second-order valence-corrected chi connectivity index (χ2v) is 7.72. The summed E-state index contributed by atoms with van der Waals surface area (Å²) >= 11 is 5.33. The van der Waals surface area contributed by atoms with E-state index < -0.39 is 0 Å². The summed E-state index contributed by atoms with van der Waals surface area (Å²) in [6, 6.07) is 8.32. The molecule has 0 saturated carbocycles. The molecule has 1 aromatic carbocycles. The molecule has 1 aromatic heterocycles. The molecule has 0 bridgehead atoms. The summed E-state index contributed by atoms with van der Waals surface area (Å²) in [6.07, 6.45) is 0.954. The zero-order chi connectivity index (χ0) is 15.3. The maximum Gasteiger partial charge on any atom is 0.119 e. The van der Waals surface area contributed by atoms with E-state index in [9.17, 15) is 0 Å². The topological polar surface area (TPSA) is 21.3 Å². The summed E-state index contributed by atoms with van der Waals surface area (Å²) in [7, 11) is 0. The van der Waals surface area contributed by atoms with Crippen molar-refractivity contribution in [2.45, 2.75) is 39.3 Å². The smallest absolute Gasteiger partial charge is 0.119 e. The van der Waals surface area contributed by atoms with Gasteiger partial charge in [-0.05, 0) is 66.9 Å². The van der Waals surface area contributed by atoms with Crippen LogP contribution in [0.2, 0.25) is 0 Å². The van der Waals surface area contributed by atoms with Crippen molar-refractivity contribution in [1.29, 1.82) is 0 Å². The van der Waals surface area contributed by atoms with Gasteiger partial charge in [0.1, 0.15) is 5.75 Å². The van der Waals surface area contributed by atoms with E-state index in [1.165, 1.54) is 11.1 Å². The van der Waals surface area contributed by atoms with Crippen LogP contribution in [-0.2, 0) is 13.0 Å². The first-order valence-electron chi connectivity index (χ1n) is 7.11. The monoisotopic (exact) mass is 367 g/mol. The molecule has 4 heteroatoms. The lowest BCUT2D eigenvalue weighted by Crippen LogP contribution is -2.35. The molecule has 0 unspecified atom stereocenters. The summed E-state index contributed by atoms with van der Waals surface area (Å²) in [5.41, 5.74) is 2.67. The molecule has 2 nitrogen and oxygen atoms in total. The second kappa shape index (κ2) is 7.43. The number of hydrogen-bond acceptors (Lipinski definition) is 3. The van der Waals surface area contributed by atoms with Crippen LogP contribution in [0.3, 0.4) is 0 Å². The van der Waals surface area contributed by atoms with Gasteiger partial charge in [-0.1, -0.05) is 15.9 Å². The van der Waals surface area contributed by atoms with Crippen molar-refractivity contribution in [3.05, 3.63) is 50.6 Å². The third-order valence-electron chi connectivity index (χ3n) is 3.07. The van der Waals surface area contributed by atoms with Crippen LogP contribution in [0.4, 0.5) is 0 Å². The van der Waals surface area contributed by atoms with E-state index in [-0.39, 0.29) is 5.54 Å². The van der Waals surface area contributed by atoms with Gasteiger partial charge in [-0.2, -0.15) is 11.3 Å². The molecule has 1 N–H and O–H groups in total. The summed E-state index contributed by atoms with van der Waals surface area (Å²) in [4.78, 5) is 0. The number of hydrogen-bond donors (Lipinski definition) is 1. The van der Waals surface area contributed by atoms with E-state index in [2.05, 4.69) is 71.0 Å². The Bertz CT molecular complexity index is 561. The minimum atomic E-state index is 0.106. The molecule has 0 atom stereocenters. The predicted octanol–water partition coefficient (Wildman–Crippen LogP) is 5.02. The molecule has 0 fully saturated rings. The van der Waals surface area contributed by atoms with Gasteiger partial charge in [0.15, 0.2) is 0 Å². The SMILES string of the molecule is CC(C)(C)NCc1cc(OCCc2ccsc2)ccc1Br. The predicted molar refractivity (Wildman–Crippen MR) is 94.3 cm³/mol. The van der Waals surface area contributed by atoms with Gasteiger partial charge in [-0.25, -0.2) is 0 Å². The van der Waals surface area contributed by atoms with Gasteiger partial charge in [0, 0.05) is 23.0 Å². The van der Waals surface area contributed by atoms with Gasteiger partial charge < -0.3 is 10.1 Å². The highest BCUT2D eigenvalue weighted by Gasteiger charge is 2.10. The van der Waals surface area contributed by atoms with E-state index in [0.29, 0.717) is 6.61 Å². The average molecular weight is 368 g/mol. The molecule has 2 rings (SSSR count). The maximum absolute atomic E-state index is 5.86. The number of nitrogens with one attached hydrogen (secondary N) is 1. The van der Waals surface area contributed by atoms with E-state index in [0.717, 1.165) is 23.2 Å². The van der Waals surface area contributed by atoms with Gasteiger partial charge in [0.2, 0.25) is 0 Å². The lowest BCUT2D eigenvalue weighted by atomic mass is 10.1. The molecular weight excluding hydrogens is 346 g/mol. The van der Waals surface area contributed by atoms with Gasteiger partial charge in [-0.15, -0.1) is 0 Å². The fourth-order valence-corrected chi connectivity index (χ4v) is 2.95. The quantitative estimate of drug-likeness (QED) is 0.773. The normalized spacial score (nSPS) is 11.6. The molecule has 1 heterocycles. The molecule has 0 aliphatic heterocycles. The molecule has 2 aromatic rings. The van der Waals surface area contributed by atoms with E-state index in [1.807, 2.05) is 6.07 Å². The number of benzene rings is 1. The van der Waals surface area contributed by atoms with E-state index in [1.54, 1.807) is 11.3 Å². The maximum atomic E-state index is 5.86. The van der Waals surface area contributed by atoms with Gasteiger partial charge >= 0.3 is 0 Å². The van der Waals surface area contributed by atoms with E-state index >= 15 is 0 Å². The summed E-state index contributed by atoms with van der Waals surface area (Å²) < 4.78 is 6.98. The van der Waals surface area contributed by atoms with Crippen LogP contribution in [0.15, 0.2) is 39.5 Å². The Kier molecular flexibility index (Phi) is 5.85. The molecule has 0 saturated heterocycles. The molecule has 0 aliphatic carbocycles. The van der Waals surface area contributed by atoms with Gasteiger partial charge in [0.25, 0.3) is 0 Å².